The number of rotatable bonds is 4. The Hall–Kier alpha value is -2.34. The molecule has 0 aliphatic carbocycles. The average Bonchev–Trinajstić information content (AvgIpc) is 3.28. The largest absolute Gasteiger partial charge is 0.326 e. The molecule has 1 aromatic carbocycles. The fourth-order valence-corrected chi connectivity index (χ4v) is 3.29. The second-order valence-electron chi connectivity index (χ2n) is 6.68. The summed E-state index contributed by atoms with van der Waals surface area (Å²) in [6.07, 6.45) is 5.81. The highest BCUT2D eigenvalue weighted by Crippen LogP contribution is 2.23. The summed E-state index contributed by atoms with van der Waals surface area (Å²) in [5.41, 5.74) is 2.42. The van der Waals surface area contributed by atoms with E-state index in [1.165, 1.54) is 0 Å². The molecule has 6 heteroatoms. The van der Waals surface area contributed by atoms with Crippen LogP contribution in [-0.4, -0.2) is 54.0 Å². The van der Waals surface area contributed by atoms with Crippen molar-refractivity contribution >= 4 is 23.3 Å². The van der Waals surface area contributed by atoms with E-state index in [0.29, 0.717) is 18.2 Å². The van der Waals surface area contributed by atoms with Gasteiger partial charge in [-0.25, -0.2) is 4.79 Å². The van der Waals surface area contributed by atoms with E-state index >= 15 is 0 Å². The Morgan fingerprint density at radius 2 is 1.96 bits per heavy atom. The molecule has 3 rings (SSSR count). The molecule has 3 amide bonds. The van der Waals surface area contributed by atoms with E-state index < -0.39 is 0 Å². The number of likely N-dealkylation sites (tertiary alicyclic amines) is 1. The number of aryl methyl sites for hydroxylation is 1. The summed E-state index contributed by atoms with van der Waals surface area (Å²) >= 11 is 0. The van der Waals surface area contributed by atoms with Crippen molar-refractivity contribution in [3.8, 4) is 0 Å². The third-order valence-electron chi connectivity index (χ3n) is 4.90. The van der Waals surface area contributed by atoms with Crippen LogP contribution in [0.1, 0.15) is 25.3 Å². The van der Waals surface area contributed by atoms with Crippen LogP contribution in [0.4, 0.5) is 16.2 Å². The second kappa shape index (κ2) is 7.70. The molecule has 2 N–H and O–H groups in total. The van der Waals surface area contributed by atoms with Gasteiger partial charge in [0.2, 0.25) is 5.91 Å². The fraction of sp³-hybridized carbons (Fsp3) is 0.474. The van der Waals surface area contributed by atoms with Gasteiger partial charge in [-0.1, -0.05) is 25.1 Å². The van der Waals surface area contributed by atoms with Gasteiger partial charge in [0.15, 0.2) is 0 Å². The molecule has 2 heterocycles. The van der Waals surface area contributed by atoms with Crippen molar-refractivity contribution in [1.82, 2.24) is 9.80 Å². The fourth-order valence-electron chi connectivity index (χ4n) is 3.29. The molecule has 25 heavy (non-hydrogen) atoms. The molecule has 0 spiro atoms. The molecule has 1 atom stereocenters. The van der Waals surface area contributed by atoms with Gasteiger partial charge in [-0.05, 0) is 31.0 Å². The van der Waals surface area contributed by atoms with Gasteiger partial charge in [0.1, 0.15) is 0 Å². The van der Waals surface area contributed by atoms with Crippen LogP contribution in [0.25, 0.3) is 0 Å². The molecule has 134 valence electrons. The molecular formula is C19H26N4O2. The zero-order valence-electron chi connectivity index (χ0n) is 14.9. The molecule has 1 saturated heterocycles. The zero-order valence-corrected chi connectivity index (χ0v) is 14.9. The predicted molar refractivity (Wildman–Crippen MR) is 99.8 cm³/mol. The Morgan fingerprint density at radius 1 is 1.20 bits per heavy atom. The van der Waals surface area contributed by atoms with Gasteiger partial charge >= 0.3 is 6.03 Å². The van der Waals surface area contributed by atoms with Gasteiger partial charge in [0.25, 0.3) is 0 Å². The lowest BCUT2D eigenvalue weighted by Crippen LogP contribution is -2.39. The Morgan fingerprint density at radius 3 is 2.68 bits per heavy atom. The molecule has 0 aromatic heterocycles. The van der Waals surface area contributed by atoms with Gasteiger partial charge < -0.3 is 15.5 Å². The number of carbonyl (C=O) groups excluding carboxylic acids is 2. The Labute approximate surface area is 148 Å². The number of hydrogen-bond donors (Lipinski definition) is 2. The Bertz CT molecular complexity index is 678. The first-order valence-electron chi connectivity index (χ1n) is 8.92. The van der Waals surface area contributed by atoms with Crippen molar-refractivity contribution in [1.29, 1.82) is 0 Å². The van der Waals surface area contributed by atoms with E-state index in [0.717, 1.165) is 43.9 Å². The molecule has 1 fully saturated rings. The molecule has 0 unspecified atom stereocenters. The number of carbonyl (C=O) groups is 2. The number of urea groups is 1. The molecule has 0 radical (unpaired) electrons. The van der Waals surface area contributed by atoms with Gasteiger partial charge in [-0.15, -0.1) is 0 Å². The molecular weight excluding hydrogens is 316 g/mol. The quantitative estimate of drug-likeness (QED) is 0.827. The predicted octanol–water partition coefficient (Wildman–Crippen LogP) is 2.82. The number of benzene rings is 1. The summed E-state index contributed by atoms with van der Waals surface area (Å²) in [7, 11) is 0. The Kier molecular flexibility index (Phi) is 5.38. The van der Waals surface area contributed by atoms with Crippen LogP contribution in [0.5, 0.6) is 0 Å². The van der Waals surface area contributed by atoms with E-state index in [1.807, 2.05) is 36.9 Å². The summed E-state index contributed by atoms with van der Waals surface area (Å²) in [5, 5.41) is 5.83. The Balaban J connectivity index is 1.60. The van der Waals surface area contributed by atoms with Crippen molar-refractivity contribution in [3.63, 3.8) is 0 Å². The van der Waals surface area contributed by atoms with Crippen molar-refractivity contribution in [3.05, 3.63) is 35.9 Å². The molecule has 0 bridgehead atoms. The van der Waals surface area contributed by atoms with E-state index in [2.05, 4.69) is 27.7 Å². The monoisotopic (exact) mass is 342 g/mol. The molecule has 0 saturated carbocycles. The lowest BCUT2D eigenvalue weighted by molar-refractivity contribution is -0.115. The standard InChI is InChI=1S/C19H26N4O2/c1-3-18(24)20-15-7-6-14(2)17(12-15)21-19(25)23-11-8-16(13-23)22-9-4-5-10-22/h4-7,12,16H,3,8-11,13H2,1-2H3,(H,20,24)(H,21,25)/t16-/m0/s1. The van der Waals surface area contributed by atoms with Crippen LogP contribution in [0, 0.1) is 6.92 Å². The third-order valence-corrected chi connectivity index (χ3v) is 4.90. The van der Waals surface area contributed by atoms with Crippen LogP contribution < -0.4 is 10.6 Å². The van der Waals surface area contributed by atoms with Crippen LogP contribution in [-0.2, 0) is 4.79 Å². The molecule has 2 aliphatic rings. The first kappa shape index (κ1) is 17.5. The number of hydrogen-bond acceptors (Lipinski definition) is 3. The number of anilines is 2. The van der Waals surface area contributed by atoms with E-state index in [1.54, 1.807) is 0 Å². The summed E-state index contributed by atoms with van der Waals surface area (Å²) in [5.74, 6) is -0.0391. The van der Waals surface area contributed by atoms with Crippen molar-refractivity contribution < 1.29 is 9.59 Å². The summed E-state index contributed by atoms with van der Waals surface area (Å²) < 4.78 is 0. The number of nitrogens with zero attached hydrogens (tertiary/aromatic N) is 2. The first-order chi connectivity index (χ1) is 12.1. The minimum absolute atomic E-state index is 0.0391. The summed E-state index contributed by atoms with van der Waals surface area (Å²) in [4.78, 5) is 28.4. The average molecular weight is 342 g/mol. The summed E-state index contributed by atoms with van der Waals surface area (Å²) in [6.45, 7) is 7.27. The SMILES string of the molecule is CCC(=O)Nc1ccc(C)c(NC(=O)N2CC[C@H](N3CC=CC3)C2)c1. The minimum atomic E-state index is -0.0725. The summed E-state index contributed by atoms with van der Waals surface area (Å²) in [6, 6.07) is 5.95. The van der Waals surface area contributed by atoms with E-state index in [9.17, 15) is 9.59 Å². The first-order valence-corrected chi connectivity index (χ1v) is 8.92. The van der Waals surface area contributed by atoms with Crippen LogP contribution >= 0.6 is 0 Å². The van der Waals surface area contributed by atoms with Crippen molar-refractivity contribution in [2.24, 2.45) is 0 Å². The normalized spacial score (nSPS) is 20.1. The molecule has 6 nitrogen and oxygen atoms in total. The van der Waals surface area contributed by atoms with E-state index in [4.69, 9.17) is 0 Å². The highest BCUT2D eigenvalue weighted by molar-refractivity contribution is 5.94. The molecule has 2 aliphatic heterocycles. The highest BCUT2D eigenvalue weighted by atomic mass is 16.2. The third kappa shape index (κ3) is 4.20. The van der Waals surface area contributed by atoms with Crippen LogP contribution in [0.15, 0.2) is 30.4 Å². The smallest absolute Gasteiger partial charge is 0.321 e. The maximum atomic E-state index is 12.6. The van der Waals surface area contributed by atoms with Crippen molar-refractivity contribution in [2.45, 2.75) is 32.7 Å². The topological polar surface area (TPSA) is 64.7 Å². The van der Waals surface area contributed by atoms with Gasteiger partial charge in [-0.3, -0.25) is 9.69 Å². The lowest BCUT2D eigenvalue weighted by atomic mass is 10.1. The van der Waals surface area contributed by atoms with Crippen molar-refractivity contribution in [2.75, 3.05) is 36.8 Å². The van der Waals surface area contributed by atoms with Gasteiger partial charge in [-0.2, -0.15) is 0 Å². The maximum absolute atomic E-state index is 12.6. The lowest BCUT2D eigenvalue weighted by Gasteiger charge is -2.24. The second-order valence-corrected chi connectivity index (χ2v) is 6.68. The van der Waals surface area contributed by atoms with E-state index in [-0.39, 0.29) is 11.9 Å². The van der Waals surface area contributed by atoms with Gasteiger partial charge in [0, 0.05) is 50.0 Å². The minimum Gasteiger partial charge on any atom is -0.326 e. The number of amides is 3. The molecule has 1 aromatic rings. The van der Waals surface area contributed by atoms with Crippen LogP contribution in [0.3, 0.4) is 0 Å². The van der Waals surface area contributed by atoms with Crippen LogP contribution in [0.2, 0.25) is 0 Å². The highest BCUT2D eigenvalue weighted by Gasteiger charge is 2.30. The zero-order chi connectivity index (χ0) is 17.8. The number of nitrogens with one attached hydrogen (secondary N) is 2. The maximum Gasteiger partial charge on any atom is 0.321 e. The van der Waals surface area contributed by atoms with Gasteiger partial charge in [0.05, 0.1) is 0 Å².